The number of unbranched alkanes of at least 4 members (excludes halogenated alkanes) is 1. The SMILES string of the molecule is C=C(F)C(=O)N1CC(n2cc(-c3ccc(OC(F)(F)F)cc3)[c-]c(C)c2=O)C1.CCCC.[CH2-]C.[CH3-].[K+]. The monoisotopic (exact) mass is 536 g/mol. The Bertz CT molecular complexity index is 1010. The molecular formula is C26H33F4KN2O3-2. The van der Waals surface area contributed by atoms with Gasteiger partial charge in [-0.2, -0.15) is 6.92 Å². The van der Waals surface area contributed by atoms with Crippen LogP contribution < -0.4 is 61.7 Å². The summed E-state index contributed by atoms with van der Waals surface area (Å²) in [7, 11) is 0. The first-order chi connectivity index (χ1) is 16.0. The molecule has 2 heterocycles. The van der Waals surface area contributed by atoms with Crippen LogP contribution in [0.3, 0.4) is 0 Å². The number of aryl methyl sites for hydroxylation is 1. The molecule has 0 radical (unpaired) electrons. The third-order valence-corrected chi connectivity index (χ3v) is 4.82. The molecule has 10 heteroatoms. The van der Waals surface area contributed by atoms with Crippen LogP contribution in [0.4, 0.5) is 17.6 Å². The Labute approximate surface area is 253 Å². The van der Waals surface area contributed by atoms with Crippen molar-refractivity contribution in [1.29, 1.82) is 0 Å². The van der Waals surface area contributed by atoms with E-state index in [1.165, 1.54) is 40.6 Å². The molecule has 1 aliphatic rings. The molecule has 2 aromatic rings. The van der Waals surface area contributed by atoms with E-state index in [0.717, 1.165) is 12.1 Å². The topological polar surface area (TPSA) is 51.5 Å². The Kier molecular flexibility index (Phi) is 17.5. The van der Waals surface area contributed by atoms with Gasteiger partial charge in [-0.3, -0.25) is 4.79 Å². The molecule has 1 aliphatic heterocycles. The summed E-state index contributed by atoms with van der Waals surface area (Å²) in [5.41, 5.74) is 1.04. The van der Waals surface area contributed by atoms with Crippen molar-refractivity contribution < 1.29 is 78.5 Å². The van der Waals surface area contributed by atoms with Crippen molar-refractivity contribution in [1.82, 2.24) is 9.47 Å². The molecule has 3 rings (SSSR count). The molecule has 5 nitrogen and oxygen atoms in total. The Morgan fingerprint density at radius 1 is 1.17 bits per heavy atom. The fraction of sp³-hybridized carbons (Fsp3) is 0.385. The van der Waals surface area contributed by atoms with Crippen molar-refractivity contribution in [2.45, 2.75) is 52.9 Å². The largest absolute Gasteiger partial charge is 1.00 e. The van der Waals surface area contributed by atoms with E-state index in [1.54, 1.807) is 13.8 Å². The Balaban J connectivity index is 0. The molecule has 0 bridgehead atoms. The van der Waals surface area contributed by atoms with E-state index in [2.05, 4.69) is 38.2 Å². The number of alkyl halides is 3. The minimum atomic E-state index is -4.78. The summed E-state index contributed by atoms with van der Waals surface area (Å²) in [6, 6.07) is 7.74. The van der Waals surface area contributed by atoms with Gasteiger partial charge in [0.2, 0.25) is 0 Å². The van der Waals surface area contributed by atoms with Gasteiger partial charge in [0.1, 0.15) is 5.75 Å². The Morgan fingerprint density at radius 3 is 2.08 bits per heavy atom. The maximum Gasteiger partial charge on any atom is 1.00 e. The molecule has 1 saturated heterocycles. The standard InChI is InChI=1S/C19H15F4N2O3.C4H10.C2H5.CH3.K/c1-11-7-14(13-3-5-16(6-4-13)28-19(21,22)23)8-25(17(11)26)15-9-24(10-15)18(27)12(2)20;1-3-4-2;1-2;;/h3-6,8,15H,2,9-10H2,1H3;3-4H2,1-2H3;1H2,2H3;1H3;/q-1;;2*-1;+1. The molecule has 0 saturated carbocycles. The summed E-state index contributed by atoms with van der Waals surface area (Å²) in [4.78, 5) is 25.2. The van der Waals surface area contributed by atoms with Crippen LogP contribution in [0, 0.1) is 27.3 Å². The molecule has 0 aliphatic carbocycles. The molecule has 1 aromatic carbocycles. The van der Waals surface area contributed by atoms with Gasteiger partial charge in [-0.15, -0.1) is 24.8 Å². The van der Waals surface area contributed by atoms with Gasteiger partial charge in [-0.05, 0) is 12.1 Å². The van der Waals surface area contributed by atoms with Gasteiger partial charge in [0.05, 0.1) is 6.04 Å². The summed E-state index contributed by atoms with van der Waals surface area (Å²) in [6.45, 7) is 14.2. The van der Waals surface area contributed by atoms with Crippen molar-refractivity contribution in [2.75, 3.05) is 13.1 Å². The van der Waals surface area contributed by atoms with Crippen LogP contribution in [0.2, 0.25) is 0 Å². The second kappa shape index (κ2) is 17.1. The number of likely N-dealkylation sites (tertiary alicyclic amines) is 1. The number of benzene rings is 1. The third kappa shape index (κ3) is 10.9. The predicted octanol–water partition coefficient (Wildman–Crippen LogP) is 3.49. The van der Waals surface area contributed by atoms with Crippen molar-refractivity contribution >= 4 is 5.91 Å². The maximum absolute atomic E-state index is 12.9. The number of carbonyl (C=O) groups is 1. The predicted molar refractivity (Wildman–Crippen MR) is 130 cm³/mol. The summed E-state index contributed by atoms with van der Waals surface area (Å²) in [6.07, 6.45) is -0.623. The maximum atomic E-state index is 12.9. The van der Waals surface area contributed by atoms with Crippen molar-refractivity contribution in [3.63, 3.8) is 0 Å². The number of halogens is 4. The summed E-state index contributed by atoms with van der Waals surface area (Å²) in [5.74, 6) is -2.24. The average Bonchev–Trinajstić information content (AvgIpc) is 2.76. The van der Waals surface area contributed by atoms with E-state index in [0.29, 0.717) is 16.7 Å². The fourth-order valence-electron chi connectivity index (χ4n) is 2.90. The van der Waals surface area contributed by atoms with Crippen LogP contribution in [-0.2, 0) is 4.79 Å². The molecule has 1 aromatic heterocycles. The number of aromatic nitrogens is 1. The Morgan fingerprint density at radius 2 is 1.67 bits per heavy atom. The van der Waals surface area contributed by atoms with Crippen LogP contribution in [0.15, 0.2) is 47.7 Å². The summed E-state index contributed by atoms with van der Waals surface area (Å²) in [5, 5.41) is 0. The minimum Gasteiger partial charge on any atom is -0.406 e. The van der Waals surface area contributed by atoms with Gasteiger partial charge in [0.15, 0.2) is 11.4 Å². The van der Waals surface area contributed by atoms with Crippen molar-refractivity contribution in [3.05, 3.63) is 79.2 Å². The van der Waals surface area contributed by atoms with Gasteiger partial charge in [-0.1, -0.05) is 69.6 Å². The average molecular weight is 537 g/mol. The van der Waals surface area contributed by atoms with E-state index in [9.17, 15) is 27.2 Å². The first-order valence-electron chi connectivity index (χ1n) is 10.8. The second-order valence-corrected chi connectivity index (χ2v) is 7.35. The smallest absolute Gasteiger partial charge is 0.406 e. The molecule has 196 valence electrons. The zero-order valence-corrected chi connectivity index (χ0v) is 25.0. The molecule has 1 amide bonds. The molecule has 1 fully saturated rings. The number of hydrogen-bond donors (Lipinski definition) is 0. The Hall–Kier alpha value is -1.46. The first-order valence-corrected chi connectivity index (χ1v) is 10.8. The number of amides is 1. The van der Waals surface area contributed by atoms with Gasteiger partial charge < -0.3 is 33.3 Å². The molecule has 0 spiro atoms. The summed E-state index contributed by atoms with van der Waals surface area (Å²) < 4.78 is 55.0. The molecule has 36 heavy (non-hydrogen) atoms. The van der Waals surface area contributed by atoms with Crippen molar-refractivity contribution in [3.8, 4) is 16.9 Å². The zero-order chi connectivity index (χ0) is 26.1. The van der Waals surface area contributed by atoms with E-state index >= 15 is 0 Å². The van der Waals surface area contributed by atoms with Gasteiger partial charge >= 0.3 is 57.7 Å². The number of hydrogen-bond acceptors (Lipinski definition) is 3. The normalized spacial score (nSPS) is 12.3. The third-order valence-electron chi connectivity index (χ3n) is 4.82. The molecule has 0 unspecified atom stereocenters. The fourth-order valence-corrected chi connectivity index (χ4v) is 2.90. The van der Waals surface area contributed by atoms with Crippen LogP contribution in [-0.4, -0.2) is 34.8 Å². The number of carbonyl (C=O) groups excluding carboxylic acids is 1. The first kappa shape index (κ1) is 36.7. The van der Waals surface area contributed by atoms with E-state index in [1.807, 2.05) is 0 Å². The van der Waals surface area contributed by atoms with Gasteiger partial charge in [-0.25, -0.2) is 4.39 Å². The van der Waals surface area contributed by atoms with Gasteiger partial charge in [0, 0.05) is 13.1 Å². The number of ether oxygens (including phenoxy) is 1. The van der Waals surface area contributed by atoms with Crippen LogP contribution in [0.1, 0.15) is 45.2 Å². The van der Waals surface area contributed by atoms with Crippen molar-refractivity contribution in [2.24, 2.45) is 0 Å². The summed E-state index contributed by atoms with van der Waals surface area (Å²) >= 11 is 0. The molecule has 0 N–H and O–H groups in total. The minimum absolute atomic E-state index is 0. The quantitative estimate of drug-likeness (QED) is 0.255. The zero-order valence-electron chi connectivity index (χ0n) is 21.8. The van der Waals surface area contributed by atoms with E-state index in [-0.39, 0.29) is 89.3 Å². The van der Waals surface area contributed by atoms with E-state index in [4.69, 9.17) is 0 Å². The van der Waals surface area contributed by atoms with E-state index < -0.39 is 18.1 Å². The number of pyridine rings is 1. The number of rotatable bonds is 5. The van der Waals surface area contributed by atoms with Gasteiger partial charge in [0.25, 0.3) is 5.91 Å². The second-order valence-electron chi connectivity index (χ2n) is 7.35. The van der Waals surface area contributed by atoms with Crippen LogP contribution in [0.5, 0.6) is 5.75 Å². The molecular weight excluding hydrogens is 503 g/mol. The van der Waals surface area contributed by atoms with Crippen LogP contribution >= 0.6 is 0 Å². The number of nitrogens with zero attached hydrogens (tertiary/aromatic N) is 2. The molecule has 0 atom stereocenters. The van der Waals surface area contributed by atoms with Crippen LogP contribution in [0.25, 0.3) is 11.1 Å².